The van der Waals surface area contributed by atoms with Crippen LogP contribution in [0.1, 0.15) is 62.1 Å². The zero-order valence-corrected chi connectivity index (χ0v) is 38.7. The van der Waals surface area contributed by atoms with E-state index in [2.05, 4.69) is 29.9 Å². The first-order valence-corrected chi connectivity index (χ1v) is 15.1. The average molecular weight is 1310 g/mol. The molecule has 0 atom stereocenters. The fourth-order valence-electron chi connectivity index (χ4n) is 3.14. The minimum atomic E-state index is -1.42. The summed E-state index contributed by atoms with van der Waals surface area (Å²) in [6.07, 6.45) is 11.7. The molecule has 22 N–H and O–H groups in total. The van der Waals surface area contributed by atoms with Gasteiger partial charge < -0.3 is 103 Å². The molecule has 0 bridgehead atoms. The molecule has 0 saturated heterocycles. The monoisotopic (exact) mass is 1310 g/mol. The van der Waals surface area contributed by atoms with E-state index in [1.54, 1.807) is 0 Å². The van der Waals surface area contributed by atoms with E-state index in [1.807, 2.05) is 0 Å². The molecule has 6 aromatic heterocycles. The van der Waals surface area contributed by atoms with Crippen LogP contribution in [-0.4, -0.2) is 76.7 Å². The Morgan fingerprint density at radius 1 is 0.271 bits per heavy atom. The molecule has 0 aromatic carbocycles. The van der Waals surface area contributed by atoms with Crippen LogP contribution < -0.4 is 30.6 Å². The van der Waals surface area contributed by atoms with Crippen LogP contribution in [0.4, 0.5) is 26.3 Å². The van der Waals surface area contributed by atoms with Crippen LogP contribution in [0.5, 0.6) is 0 Å². The molecule has 34 heteroatoms. The molecule has 0 amide bonds. The van der Waals surface area contributed by atoms with Gasteiger partial charge in [0.15, 0.2) is 0 Å². The Kier molecular flexibility index (Phi) is 57.3. The Balaban J connectivity index is -0.0000000750. The van der Waals surface area contributed by atoms with Crippen molar-refractivity contribution in [2.75, 3.05) is 0 Å². The number of nitrogens with zero attached hydrogens (tertiary/aromatic N) is 6. The summed E-state index contributed by atoms with van der Waals surface area (Å²) in [6.45, 7) is 0. The number of carboxylic acids is 6. The summed E-state index contributed by atoms with van der Waals surface area (Å²) in [6, 6.07) is 5.10. The second kappa shape index (κ2) is 46.3. The van der Waals surface area contributed by atoms with E-state index in [0.29, 0.717) is 0 Å². The summed E-state index contributed by atoms with van der Waals surface area (Å²) < 4.78 is 73.0. The standard InChI is InChI=1S/6C6H4FNO2.8H2O.2Tb/c6*7-5-1-4(6(9)10)2-8-3-5;;;;;;;;;;/h6*1-3H,(H,9,10);8*1H2;;/q;;;;;;;;;;;;;;2*+3. The van der Waals surface area contributed by atoms with Gasteiger partial charge in [-0.25, -0.2) is 26.3 Å². The third kappa shape index (κ3) is 37.5. The molecule has 70 heavy (non-hydrogen) atoms. The van der Waals surface area contributed by atoms with Crippen molar-refractivity contribution in [3.63, 3.8) is 0 Å². The molecule has 6 aromatic rings. The number of hydrogen-bond donors (Lipinski definition) is 0. The first kappa shape index (κ1) is 86.7. The Bertz CT molecular complexity index is 2030. The maximum atomic E-state index is 12.2. The van der Waals surface area contributed by atoms with Crippen LogP contribution in [0.2, 0.25) is 0 Å². The molecular weight excluding hydrogens is 1270 g/mol. The van der Waals surface area contributed by atoms with Crippen molar-refractivity contribution in [3.05, 3.63) is 179 Å². The number of carbonyl (C=O) groups excluding carboxylic acids is 6. The van der Waals surface area contributed by atoms with Crippen LogP contribution in [0.15, 0.2) is 111 Å². The molecule has 0 aliphatic heterocycles. The van der Waals surface area contributed by atoms with Crippen LogP contribution in [0.3, 0.4) is 0 Å². The minimum absolute atomic E-state index is 0. The first-order valence-electron chi connectivity index (χ1n) is 15.1. The molecule has 0 spiro atoms. The van der Waals surface area contributed by atoms with Gasteiger partial charge in [-0.3, -0.25) is 29.9 Å². The van der Waals surface area contributed by atoms with Gasteiger partial charge in [-0.05, 0) is 36.4 Å². The molecule has 0 aliphatic rings. The van der Waals surface area contributed by atoms with Crippen LogP contribution in [0.25, 0.3) is 0 Å². The number of hydrogen-bond acceptors (Lipinski definition) is 18. The van der Waals surface area contributed by atoms with E-state index in [1.165, 1.54) is 0 Å². The Labute approximate surface area is 448 Å². The third-order valence-electron chi connectivity index (χ3n) is 5.64. The summed E-state index contributed by atoms with van der Waals surface area (Å²) in [4.78, 5) is 80.1. The van der Waals surface area contributed by atoms with Crippen LogP contribution >= 0.6 is 0 Å². The second-order valence-electron chi connectivity index (χ2n) is 10.1. The molecular formula is C36H40F6N6O20Tb2+6. The van der Waals surface area contributed by atoms with Gasteiger partial charge in [-0.2, -0.15) is 0 Å². The van der Waals surface area contributed by atoms with Crippen molar-refractivity contribution < 1.29 is 207 Å². The smallest absolute Gasteiger partial charge is 0.545 e. The summed E-state index contributed by atoms with van der Waals surface area (Å²) in [7, 11) is 0. The normalized spacial score (nSPS) is 7.97. The molecule has 6 heterocycles. The van der Waals surface area contributed by atoms with Gasteiger partial charge in [0.25, 0.3) is 0 Å². The SMILES string of the molecule is O.O.O=C([O-])c1cncc(F)c1.O=C([O-])c1cncc(F)c1.O=C([O-])c1cncc(F)c1.O=C([O-])c1cncc(F)c1.O=C([O-])c1cncc(F)c1.O=C([O-])c1cncc(F)c1.[OH3+].[OH3+].[OH3+].[OH3+].[OH3+].[OH3+].[Tb+3].[Tb+3]. The quantitative estimate of drug-likeness (QED) is 0.110. The third-order valence-corrected chi connectivity index (χ3v) is 5.64. The number of pyridine rings is 6. The van der Waals surface area contributed by atoms with Gasteiger partial charge in [-0.1, -0.05) is 0 Å². The fourth-order valence-corrected chi connectivity index (χ4v) is 3.14. The molecule has 388 valence electrons. The second-order valence-corrected chi connectivity index (χ2v) is 10.1. The van der Waals surface area contributed by atoms with E-state index < -0.39 is 70.7 Å². The number of aromatic carboxylic acids is 6. The molecule has 0 saturated carbocycles. The van der Waals surface area contributed by atoms with Crippen molar-refractivity contribution in [1.29, 1.82) is 0 Å². The summed E-state index contributed by atoms with van der Waals surface area (Å²) in [5.74, 6) is -12.6. The number of halogens is 6. The number of carboxylic acid groups (broad SMARTS) is 6. The van der Waals surface area contributed by atoms with E-state index in [9.17, 15) is 85.7 Å². The molecule has 26 nitrogen and oxygen atoms in total. The Hall–Kier alpha value is -6.45. The Morgan fingerprint density at radius 3 is 0.429 bits per heavy atom. The zero-order chi connectivity index (χ0) is 45.4. The zero-order valence-electron chi connectivity index (χ0n) is 34.4. The van der Waals surface area contributed by atoms with E-state index in [-0.39, 0.29) is 154 Å². The maximum absolute atomic E-state index is 12.2. The summed E-state index contributed by atoms with van der Waals surface area (Å²) in [5, 5.41) is 60.2. The fraction of sp³-hybridized carbons (Fsp3) is 0. The van der Waals surface area contributed by atoms with Crippen molar-refractivity contribution >= 4 is 35.8 Å². The predicted molar refractivity (Wildman–Crippen MR) is 208 cm³/mol. The topological polar surface area (TPSA) is 579 Å². The van der Waals surface area contributed by atoms with Crippen molar-refractivity contribution in [2.45, 2.75) is 0 Å². The van der Waals surface area contributed by atoms with Gasteiger partial charge in [0.1, 0.15) is 34.9 Å². The average Bonchev–Trinajstić information content (AvgIpc) is 3.19. The number of rotatable bonds is 6. The van der Waals surface area contributed by atoms with Gasteiger partial charge in [0.05, 0.1) is 73.0 Å². The molecule has 0 aliphatic carbocycles. The van der Waals surface area contributed by atoms with Crippen LogP contribution in [-0.2, 0) is 32.9 Å². The molecule has 0 radical (unpaired) electrons. The molecule has 0 unspecified atom stereocenters. The Morgan fingerprint density at radius 2 is 0.371 bits per heavy atom. The van der Waals surface area contributed by atoms with E-state index in [4.69, 9.17) is 0 Å². The number of aromatic nitrogens is 6. The maximum Gasteiger partial charge on any atom is 3.00 e. The molecule has 0 fully saturated rings. The van der Waals surface area contributed by atoms with Crippen molar-refractivity contribution in [1.82, 2.24) is 29.9 Å². The predicted octanol–water partition coefficient (Wildman–Crippen LogP) is -9.68. The van der Waals surface area contributed by atoms with Gasteiger partial charge in [0, 0.05) is 70.6 Å². The van der Waals surface area contributed by atoms with E-state index >= 15 is 0 Å². The van der Waals surface area contributed by atoms with Crippen molar-refractivity contribution in [3.8, 4) is 0 Å². The van der Waals surface area contributed by atoms with Gasteiger partial charge in [0.2, 0.25) is 0 Å². The van der Waals surface area contributed by atoms with Gasteiger partial charge >= 0.3 is 77.2 Å². The number of carbonyl (C=O) groups is 6. The van der Waals surface area contributed by atoms with Crippen LogP contribution in [0, 0.1) is 112 Å². The van der Waals surface area contributed by atoms with Crippen molar-refractivity contribution in [2.24, 2.45) is 0 Å². The largest absolute Gasteiger partial charge is 3.00 e. The molecule has 6 rings (SSSR count). The first-order chi connectivity index (χ1) is 28.2. The summed E-state index contributed by atoms with van der Waals surface area (Å²) in [5.41, 5.74) is -1.50. The minimum Gasteiger partial charge on any atom is -0.545 e. The van der Waals surface area contributed by atoms with E-state index in [0.717, 1.165) is 111 Å². The summed E-state index contributed by atoms with van der Waals surface area (Å²) >= 11 is 0. The van der Waals surface area contributed by atoms with Gasteiger partial charge in [-0.15, -0.1) is 0 Å².